The van der Waals surface area contributed by atoms with E-state index >= 15 is 0 Å². The van der Waals surface area contributed by atoms with Crippen molar-refractivity contribution in [2.75, 3.05) is 18.1 Å². The van der Waals surface area contributed by atoms with Crippen LogP contribution in [-0.4, -0.2) is 30.9 Å². The smallest absolute Gasteiger partial charge is 0.311 e. The van der Waals surface area contributed by atoms with E-state index in [-0.39, 0.29) is 18.9 Å². The Morgan fingerprint density at radius 1 is 1.38 bits per heavy atom. The number of carbonyl (C=O) groups is 3. The fraction of sp³-hybridized carbons (Fsp3) is 0.400. The fourth-order valence-electron chi connectivity index (χ4n) is 2.39. The molecule has 1 aromatic rings. The van der Waals surface area contributed by atoms with Crippen molar-refractivity contribution in [1.29, 1.82) is 0 Å². The summed E-state index contributed by atoms with van der Waals surface area (Å²) in [6.45, 7) is 3.72. The van der Waals surface area contributed by atoms with Gasteiger partial charge in [-0.3, -0.25) is 14.4 Å². The Morgan fingerprint density at radius 2 is 2.10 bits per heavy atom. The van der Waals surface area contributed by atoms with Gasteiger partial charge in [-0.05, 0) is 31.0 Å². The summed E-state index contributed by atoms with van der Waals surface area (Å²) in [7, 11) is 0. The van der Waals surface area contributed by atoms with Gasteiger partial charge in [-0.1, -0.05) is 12.1 Å². The molecular weight excluding hydrogens is 272 g/mol. The molecule has 1 aromatic carbocycles. The van der Waals surface area contributed by atoms with Crippen molar-refractivity contribution < 1.29 is 19.1 Å². The second-order valence-electron chi connectivity index (χ2n) is 5.20. The molecule has 1 atom stereocenters. The van der Waals surface area contributed by atoms with Gasteiger partial charge in [0.05, 0.1) is 5.92 Å². The van der Waals surface area contributed by atoms with Gasteiger partial charge in [0.1, 0.15) is 0 Å². The Bertz CT molecular complexity index is 597. The average Bonchev–Trinajstić information content (AvgIpc) is 2.81. The molecule has 1 saturated heterocycles. The second-order valence-corrected chi connectivity index (χ2v) is 5.20. The molecule has 0 unspecified atom stereocenters. The zero-order valence-electron chi connectivity index (χ0n) is 12.1. The highest BCUT2D eigenvalue weighted by molar-refractivity contribution is 6.00. The number of nitrogens with zero attached hydrogens (tertiary/aromatic N) is 1. The molecule has 0 radical (unpaired) electrons. The van der Waals surface area contributed by atoms with Gasteiger partial charge < -0.3 is 15.4 Å². The molecule has 1 heterocycles. The van der Waals surface area contributed by atoms with Gasteiger partial charge in [-0.25, -0.2) is 0 Å². The molecule has 1 aliphatic rings. The highest BCUT2D eigenvalue weighted by Crippen LogP contribution is 2.29. The predicted molar refractivity (Wildman–Crippen MR) is 76.5 cm³/mol. The first-order valence-corrected chi connectivity index (χ1v) is 6.71. The molecule has 0 spiro atoms. The largest absolute Gasteiger partial charge is 0.455 e. The van der Waals surface area contributed by atoms with E-state index < -0.39 is 24.4 Å². The minimum Gasteiger partial charge on any atom is -0.455 e. The highest BCUT2D eigenvalue weighted by Gasteiger charge is 2.36. The van der Waals surface area contributed by atoms with Crippen LogP contribution in [0.2, 0.25) is 0 Å². The number of benzene rings is 1. The Kier molecular flexibility index (Phi) is 4.26. The van der Waals surface area contributed by atoms with E-state index in [1.807, 2.05) is 32.0 Å². The minimum atomic E-state index is -0.709. The van der Waals surface area contributed by atoms with Crippen molar-refractivity contribution >= 4 is 23.5 Å². The molecule has 0 bridgehead atoms. The molecule has 6 nitrogen and oxygen atoms in total. The van der Waals surface area contributed by atoms with E-state index in [1.165, 1.54) is 0 Å². The van der Waals surface area contributed by atoms with Gasteiger partial charge in [-0.2, -0.15) is 0 Å². The monoisotopic (exact) mass is 290 g/mol. The van der Waals surface area contributed by atoms with E-state index in [4.69, 9.17) is 10.5 Å². The number of amides is 2. The summed E-state index contributed by atoms with van der Waals surface area (Å²) in [5.41, 5.74) is 7.83. The van der Waals surface area contributed by atoms with Crippen LogP contribution in [0.15, 0.2) is 18.2 Å². The van der Waals surface area contributed by atoms with Crippen LogP contribution >= 0.6 is 0 Å². The van der Waals surface area contributed by atoms with E-state index in [1.54, 1.807) is 4.90 Å². The van der Waals surface area contributed by atoms with Crippen LogP contribution in [0.4, 0.5) is 5.69 Å². The van der Waals surface area contributed by atoms with Crippen LogP contribution in [0.1, 0.15) is 17.5 Å². The van der Waals surface area contributed by atoms with Crippen molar-refractivity contribution in [2.45, 2.75) is 20.3 Å². The third kappa shape index (κ3) is 3.21. The van der Waals surface area contributed by atoms with E-state index in [9.17, 15) is 14.4 Å². The van der Waals surface area contributed by atoms with E-state index in [2.05, 4.69) is 0 Å². The van der Waals surface area contributed by atoms with Gasteiger partial charge >= 0.3 is 5.97 Å². The maximum atomic E-state index is 12.1. The maximum Gasteiger partial charge on any atom is 0.311 e. The van der Waals surface area contributed by atoms with Gasteiger partial charge in [0.15, 0.2) is 6.61 Å². The SMILES string of the molecule is Cc1cccc(N2C[C@@H](C(=O)OCC(N)=O)CC2=O)c1C. The molecule has 1 fully saturated rings. The van der Waals surface area contributed by atoms with Crippen molar-refractivity contribution in [2.24, 2.45) is 11.7 Å². The number of ether oxygens (including phenoxy) is 1. The predicted octanol–water partition coefficient (Wildman–Crippen LogP) is 0.685. The lowest BCUT2D eigenvalue weighted by molar-refractivity contribution is -0.151. The molecule has 2 N–H and O–H groups in total. The van der Waals surface area contributed by atoms with Crippen LogP contribution < -0.4 is 10.6 Å². The lowest BCUT2D eigenvalue weighted by Gasteiger charge is -2.20. The first kappa shape index (κ1) is 15.0. The number of rotatable bonds is 4. The summed E-state index contributed by atoms with van der Waals surface area (Å²) in [5.74, 6) is -1.95. The van der Waals surface area contributed by atoms with Crippen LogP contribution in [0.25, 0.3) is 0 Å². The fourth-order valence-corrected chi connectivity index (χ4v) is 2.39. The Morgan fingerprint density at radius 3 is 2.76 bits per heavy atom. The summed E-state index contributed by atoms with van der Waals surface area (Å²) in [5, 5.41) is 0. The summed E-state index contributed by atoms with van der Waals surface area (Å²) in [4.78, 5) is 36.1. The molecule has 1 aliphatic heterocycles. The highest BCUT2D eigenvalue weighted by atomic mass is 16.5. The summed E-state index contributed by atoms with van der Waals surface area (Å²) in [6.07, 6.45) is 0.0883. The maximum absolute atomic E-state index is 12.1. The molecule has 0 saturated carbocycles. The molecule has 21 heavy (non-hydrogen) atoms. The second kappa shape index (κ2) is 5.95. The number of nitrogens with two attached hydrogens (primary N) is 1. The van der Waals surface area contributed by atoms with Crippen molar-refractivity contribution in [3.63, 3.8) is 0 Å². The minimum absolute atomic E-state index is 0.0883. The standard InChI is InChI=1S/C15H18N2O4/c1-9-4-3-5-12(10(9)2)17-7-11(6-14(17)19)15(20)21-8-13(16)18/h3-5,11H,6-8H2,1-2H3,(H2,16,18)/t11-/m0/s1. The average molecular weight is 290 g/mol. The topological polar surface area (TPSA) is 89.7 Å². The number of aryl methyl sites for hydroxylation is 1. The Hall–Kier alpha value is -2.37. The number of carbonyl (C=O) groups excluding carboxylic acids is 3. The molecule has 2 rings (SSSR count). The van der Waals surface area contributed by atoms with Gasteiger partial charge in [0.25, 0.3) is 5.91 Å². The van der Waals surface area contributed by atoms with Gasteiger partial charge in [0.2, 0.25) is 5.91 Å². The Balaban J connectivity index is 2.11. The number of esters is 1. The third-order valence-corrected chi connectivity index (χ3v) is 3.68. The molecule has 6 heteroatoms. The van der Waals surface area contributed by atoms with Crippen LogP contribution in [0, 0.1) is 19.8 Å². The van der Waals surface area contributed by atoms with E-state index in [0.717, 1.165) is 16.8 Å². The lowest BCUT2D eigenvalue weighted by atomic mass is 10.1. The van der Waals surface area contributed by atoms with Crippen LogP contribution in [-0.2, 0) is 19.1 Å². The summed E-state index contributed by atoms with van der Waals surface area (Å²) in [6, 6.07) is 5.71. The summed E-state index contributed by atoms with van der Waals surface area (Å²) < 4.78 is 4.78. The number of hydrogen-bond donors (Lipinski definition) is 1. The Labute approximate surface area is 122 Å². The van der Waals surface area contributed by atoms with Crippen molar-refractivity contribution in [1.82, 2.24) is 0 Å². The first-order valence-electron chi connectivity index (χ1n) is 6.71. The van der Waals surface area contributed by atoms with Gasteiger partial charge in [-0.15, -0.1) is 0 Å². The zero-order valence-corrected chi connectivity index (χ0v) is 12.1. The number of hydrogen-bond acceptors (Lipinski definition) is 4. The van der Waals surface area contributed by atoms with Crippen LogP contribution in [0.3, 0.4) is 0 Å². The zero-order chi connectivity index (χ0) is 15.6. The molecule has 0 aromatic heterocycles. The molecular formula is C15H18N2O4. The van der Waals surface area contributed by atoms with Crippen molar-refractivity contribution in [3.05, 3.63) is 29.3 Å². The molecule has 112 valence electrons. The quantitative estimate of drug-likeness (QED) is 0.826. The molecule has 0 aliphatic carbocycles. The molecule has 2 amide bonds. The lowest BCUT2D eigenvalue weighted by Crippen LogP contribution is -2.28. The number of primary amides is 1. The van der Waals surface area contributed by atoms with Crippen LogP contribution in [0.5, 0.6) is 0 Å². The third-order valence-electron chi connectivity index (χ3n) is 3.68. The summed E-state index contributed by atoms with van der Waals surface area (Å²) >= 11 is 0. The number of anilines is 1. The first-order chi connectivity index (χ1) is 9.90. The van der Waals surface area contributed by atoms with Gasteiger partial charge in [0, 0.05) is 18.7 Å². The van der Waals surface area contributed by atoms with E-state index in [0.29, 0.717) is 0 Å². The van der Waals surface area contributed by atoms with Crippen molar-refractivity contribution in [3.8, 4) is 0 Å². The normalized spacial score (nSPS) is 17.9.